The molecule has 1 aromatic rings. The highest BCUT2D eigenvalue weighted by molar-refractivity contribution is 7.85. The Hall–Kier alpha value is -0.620. The Morgan fingerprint density at radius 2 is 1.03 bits per heavy atom. The molecule has 0 N–H and O–H groups in total. The van der Waals surface area contributed by atoms with Crippen molar-refractivity contribution in [3.05, 3.63) is 29.8 Å². The molecular formula is C30H56ClNO3S. The lowest BCUT2D eigenvalue weighted by atomic mass is 10.1. The molecule has 0 fully saturated rings. The van der Waals surface area contributed by atoms with Gasteiger partial charge in [0.2, 0.25) is 0 Å². The van der Waals surface area contributed by atoms with Crippen molar-refractivity contribution in [2.24, 2.45) is 0 Å². The molecule has 0 bridgehead atoms. The second-order valence-corrected chi connectivity index (χ2v) is 12.5. The van der Waals surface area contributed by atoms with Gasteiger partial charge in [-0.05, 0) is 44.7 Å². The van der Waals surface area contributed by atoms with Crippen LogP contribution in [0.3, 0.4) is 0 Å². The molecule has 36 heavy (non-hydrogen) atoms. The van der Waals surface area contributed by atoms with Gasteiger partial charge >= 0.3 is 0 Å². The van der Waals surface area contributed by atoms with Crippen LogP contribution in [0, 0.1) is 6.92 Å². The highest BCUT2D eigenvalue weighted by atomic mass is 35.5. The summed E-state index contributed by atoms with van der Waals surface area (Å²) in [5, 5.41) is 0. The molecule has 0 amide bonds. The van der Waals surface area contributed by atoms with E-state index in [1.807, 2.05) is 6.92 Å². The van der Waals surface area contributed by atoms with Gasteiger partial charge in [-0.25, -0.2) is 8.42 Å². The molecule has 0 aromatic heterocycles. The van der Waals surface area contributed by atoms with E-state index >= 15 is 0 Å². The van der Waals surface area contributed by atoms with E-state index in [-0.39, 0.29) is 4.90 Å². The zero-order valence-electron chi connectivity index (χ0n) is 23.9. The maximum atomic E-state index is 10.4. The third-order valence-electron chi connectivity index (χ3n) is 7.04. The fourth-order valence-corrected chi connectivity index (χ4v) is 5.38. The molecule has 0 aliphatic carbocycles. The number of nitrogens with zero attached hydrogens (tertiary/aromatic N) is 1. The van der Waals surface area contributed by atoms with Crippen molar-refractivity contribution in [2.45, 2.75) is 128 Å². The Kier molecular flexibility index (Phi) is 22.0. The van der Waals surface area contributed by atoms with E-state index in [1.54, 1.807) is 12.1 Å². The van der Waals surface area contributed by atoms with Gasteiger partial charge in [-0.15, -0.1) is 11.6 Å². The smallest absolute Gasteiger partial charge is 0.124 e. The van der Waals surface area contributed by atoms with Crippen LogP contribution in [-0.2, 0) is 10.1 Å². The van der Waals surface area contributed by atoms with E-state index in [1.165, 1.54) is 132 Å². The number of benzene rings is 1. The maximum Gasteiger partial charge on any atom is 0.124 e. The number of unbranched alkanes of at least 4 members (excludes halogenated alkanes) is 14. The number of hydrogen-bond donors (Lipinski definition) is 0. The van der Waals surface area contributed by atoms with Crippen molar-refractivity contribution in [1.29, 1.82) is 0 Å². The molecule has 0 aliphatic rings. The Bertz CT molecular complexity index is 702. The summed E-state index contributed by atoms with van der Waals surface area (Å²) in [7, 11) is -1.83. The number of quaternary nitrogens is 1. The van der Waals surface area contributed by atoms with Crippen molar-refractivity contribution in [3.63, 3.8) is 0 Å². The molecule has 0 aliphatic heterocycles. The second-order valence-electron chi connectivity index (χ2n) is 10.7. The topological polar surface area (TPSA) is 57.2 Å². The maximum absolute atomic E-state index is 10.4. The molecular weight excluding hydrogens is 490 g/mol. The minimum atomic E-state index is -4.27. The first kappa shape index (κ1) is 35.4. The molecule has 0 heterocycles. The van der Waals surface area contributed by atoms with Gasteiger partial charge < -0.3 is 9.04 Å². The monoisotopic (exact) mass is 545 g/mol. The zero-order chi connectivity index (χ0) is 27.1. The molecule has 1 aromatic carbocycles. The van der Waals surface area contributed by atoms with Crippen molar-refractivity contribution >= 4 is 21.7 Å². The van der Waals surface area contributed by atoms with Crippen molar-refractivity contribution in [2.75, 3.05) is 32.6 Å². The molecule has 0 atom stereocenters. The standard InChI is InChI=1S/C23H49ClN.C7H8O3S/c1-4-6-8-10-12-14-16-18-21-25(3,23-20-24)22-19-17-15-13-11-9-7-5-2;1-6-2-4-7(5-3-6)11(8,9)10/h4-23H2,1-3H3;2-5H,1H3,(H,8,9,10)/q+1;/p-1. The predicted octanol–water partition coefficient (Wildman–Crippen LogP) is 8.85. The lowest BCUT2D eigenvalue weighted by Crippen LogP contribution is -2.47. The van der Waals surface area contributed by atoms with Crippen LogP contribution in [0.15, 0.2) is 29.2 Å². The third kappa shape index (κ3) is 20.4. The summed E-state index contributed by atoms with van der Waals surface area (Å²) in [6.07, 6.45) is 22.7. The molecule has 0 radical (unpaired) electrons. The molecule has 4 nitrogen and oxygen atoms in total. The van der Waals surface area contributed by atoms with Crippen molar-refractivity contribution in [1.82, 2.24) is 0 Å². The van der Waals surface area contributed by atoms with E-state index in [2.05, 4.69) is 20.9 Å². The third-order valence-corrected chi connectivity index (χ3v) is 8.06. The van der Waals surface area contributed by atoms with Gasteiger partial charge in [0.05, 0.1) is 37.5 Å². The van der Waals surface area contributed by atoms with Crippen LogP contribution in [0.25, 0.3) is 0 Å². The first-order chi connectivity index (χ1) is 17.2. The van der Waals surface area contributed by atoms with E-state index in [0.717, 1.165) is 18.0 Å². The van der Waals surface area contributed by atoms with Crippen LogP contribution in [-0.4, -0.2) is 50.0 Å². The average Bonchev–Trinajstić information content (AvgIpc) is 2.83. The molecule has 1 rings (SSSR count). The summed E-state index contributed by atoms with van der Waals surface area (Å²) in [5.41, 5.74) is 0.928. The van der Waals surface area contributed by atoms with E-state index in [4.69, 9.17) is 11.6 Å². The zero-order valence-corrected chi connectivity index (χ0v) is 25.5. The van der Waals surface area contributed by atoms with Crippen LogP contribution < -0.4 is 0 Å². The predicted molar refractivity (Wildman–Crippen MR) is 156 cm³/mol. The average molecular weight is 546 g/mol. The number of rotatable bonds is 21. The Balaban J connectivity index is 0.000000918. The fraction of sp³-hybridized carbons (Fsp3) is 0.800. The van der Waals surface area contributed by atoms with E-state index in [9.17, 15) is 13.0 Å². The second kappa shape index (κ2) is 22.4. The molecule has 0 unspecified atom stereocenters. The van der Waals surface area contributed by atoms with Gasteiger partial charge in [-0.1, -0.05) is 109 Å². The summed E-state index contributed by atoms with van der Waals surface area (Å²) in [6.45, 7) is 10.2. The minimum Gasteiger partial charge on any atom is -0.744 e. The first-order valence-electron chi connectivity index (χ1n) is 14.6. The lowest BCUT2D eigenvalue weighted by molar-refractivity contribution is -0.907. The van der Waals surface area contributed by atoms with Gasteiger partial charge in [0.1, 0.15) is 10.1 Å². The number of alkyl halides is 1. The Morgan fingerprint density at radius 3 is 1.36 bits per heavy atom. The summed E-state index contributed by atoms with van der Waals surface area (Å²) < 4.78 is 32.4. The van der Waals surface area contributed by atoms with Crippen LogP contribution in [0.1, 0.15) is 122 Å². The number of halogens is 1. The molecule has 0 spiro atoms. The van der Waals surface area contributed by atoms with Crippen LogP contribution >= 0.6 is 11.6 Å². The summed E-state index contributed by atoms with van der Waals surface area (Å²) in [6, 6.07) is 5.78. The highest BCUT2D eigenvalue weighted by Crippen LogP contribution is 2.15. The summed E-state index contributed by atoms with van der Waals surface area (Å²) in [5.74, 6) is 0.810. The Labute approximate surface area is 229 Å². The van der Waals surface area contributed by atoms with Gasteiger partial charge in [-0.3, -0.25) is 0 Å². The van der Waals surface area contributed by atoms with E-state index < -0.39 is 10.1 Å². The quantitative estimate of drug-likeness (QED) is 0.0670. The van der Waals surface area contributed by atoms with Gasteiger partial charge in [-0.2, -0.15) is 0 Å². The SMILES string of the molecule is CCCCCCCCCC[N+](C)(CCCl)CCCCCCCCCC.Cc1ccc(S(=O)(=O)[O-])cc1. The van der Waals surface area contributed by atoms with Crippen molar-refractivity contribution in [3.8, 4) is 0 Å². The van der Waals surface area contributed by atoms with E-state index in [0.29, 0.717) is 0 Å². The minimum absolute atomic E-state index is 0.178. The summed E-state index contributed by atoms with van der Waals surface area (Å²) in [4.78, 5) is -0.178. The lowest BCUT2D eigenvalue weighted by Gasteiger charge is -2.34. The number of hydrogen-bond acceptors (Lipinski definition) is 3. The summed E-state index contributed by atoms with van der Waals surface area (Å²) >= 11 is 6.09. The highest BCUT2D eigenvalue weighted by Gasteiger charge is 2.19. The largest absolute Gasteiger partial charge is 0.744 e. The molecule has 212 valence electrons. The van der Waals surface area contributed by atoms with Crippen LogP contribution in [0.4, 0.5) is 0 Å². The normalized spacial score (nSPS) is 11.8. The van der Waals surface area contributed by atoms with Gasteiger partial charge in [0, 0.05) is 0 Å². The molecule has 0 saturated heterocycles. The first-order valence-corrected chi connectivity index (χ1v) is 16.5. The van der Waals surface area contributed by atoms with Gasteiger partial charge in [0.25, 0.3) is 0 Å². The van der Waals surface area contributed by atoms with Crippen molar-refractivity contribution < 1.29 is 17.5 Å². The molecule has 6 heteroatoms. The van der Waals surface area contributed by atoms with Crippen LogP contribution in [0.2, 0.25) is 0 Å². The number of aryl methyl sites for hydroxylation is 1. The fourth-order valence-electron chi connectivity index (χ4n) is 4.50. The Morgan fingerprint density at radius 1 is 0.667 bits per heavy atom. The van der Waals surface area contributed by atoms with Crippen LogP contribution in [0.5, 0.6) is 0 Å². The van der Waals surface area contributed by atoms with Gasteiger partial charge in [0.15, 0.2) is 0 Å². The molecule has 0 saturated carbocycles.